The number of nitrogens with zero attached hydrogens (tertiary/aromatic N) is 2. The maximum atomic E-state index is 13.3. The average molecular weight is 464 g/mol. The topological polar surface area (TPSA) is 57.3 Å². The van der Waals surface area contributed by atoms with Gasteiger partial charge in [-0.25, -0.2) is 4.39 Å². The van der Waals surface area contributed by atoms with Gasteiger partial charge in [-0.15, -0.1) is 0 Å². The summed E-state index contributed by atoms with van der Waals surface area (Å²) in [6.45, 7) is 5.79. The standard InChI is InChI=1S/C24H25F4N3O2/c1-15(17-4-7-19(25)8-5-17)20-12-13-30(3)21(20)9-11-23(32)29-16(2)18-6-10-22(24(26,27)28)31(33)14-18/h4,7,9-14,16,18H,1,5-6,8H2,2-3H3,(H-,29,32,33)/p+1/b11-9+/t16-,18?/m1/s1. The van der Waals surface area contributed by atoms with Crippen molar-refractivity contribution in [2.24, 2.45) is 13.0 Å². The second-order valence-corrected chi connectivity index (χ2v) is 8.12. The molecule has 1 aromatic heterocycles. The van der Waals surface area contributed by atoms with E-state index in [1.165, 1.54) is 12.2 Å². The van der Waals surface area contributed by atoms with Gasteiger partial charge in [0.2, 0.25) is 12.1 Å². The first-order chi connectivity index (χ1) is 15.5. The van der Waals surface area contributed by atoms with Gasteiger partial charge in [0.05, 0.1) is 5.92 Å². The van der Waals surface area contributed by atoms with Gasteiger partial charge in [0.25, 0.3) is 0 Å². The van der Waals surface area contributed by atoms with Crippen LogP contribution in [0.25, 0.3) is 11.6 Å². The Morgan fingerprint density at radius 1 is 1.36 bits per heavy atom. The summed E-state index contributed by atoms with van der Waals surface area (Å²) in [6.07, 6.45) is 6.15. The minimum atomic E-state index is -4.65. The second-order valence-electron chi connectivity index (χ2n) is 8.12. The second kappa shape index (κ2) is 9.64. The molecule has 2 aliphatic rings. The highest BCUT2D eigenvalue weighted by Gasteiger charge is 2.46. The molecule has 0 radical (unpaired) electrons. The number of allylic oxidation sites excluding steroid dienone is 7. The van der Waals surface area contributed by atoms with Crippen LogP contribution in [0, 0.1) is 5.92 Å². The number of hydroxylamine groups is 1. The number of halogens is 4. The van der Waals surface area contributed by atoms with Crippen molar-refractivity contribution in [2.75, 3.05) is 0 Å². The van der Waals surface area contributed by atoms with E-state index in [-0.39, 0.29) is 17.0 Å². The predicted octanol–water partition coefficient (Wildman–Crippen LogP) is 5.07. The zero-order valence-corrected chi connectivity index (χ0v) is 18.4. The molecule has 0 aromatic carbocycles. The third kappa shape index (κ3) is 5.71. The average Bonchev–Trinajstić information content (AvgIpc) is 3.11. The molecule has 0 bridgehead atoms. The maximum absolute atomic E-state index is 13.3. The maximum Gasteiger partial charge on any atom is 0.482 e. The molecule has 2 N–H and O–H groups in total. The Balaban J connectivity index is 1.67. The van der Waals surface area contributed by atoms with Gasteiger partial charge < -0.3 is 9.88 Å². The fraction of sp³-hybridized carbons (Fsp3) is 0.333. The normalized spacial score (nSPS) is 20.0. The third-order valence-corrected chi connectivity index (χ3v) is 5.79. The molecular weight excluding hydrogens is 438 g/mol. The fourth-order valence-corrected chi connectivity index (χ4v) is 3.82. The molecule has 176 valence electrons. The summed E-state index contributed by atoms with van der Waals surface area (Å²) in [4.78, 5) is 12.5. The molecule has 0 saturated carbocycles. The molecule has 0 fully saturated rings. The molecule has 1 unspecified atom stereocenters. The van der Waals surface area contributed by atoms with Gasteiger partial charge in [-0.3, -0.25) is 10.0 Å². The van der Waals surface area contributed by atoms with Gasteiger partial charge in [-0.2, -0.15) is 13.2 Å². The minimum Gasteiger partial charge on any atom is -0.351 e. The summed E-state index contributed by atoms with van der Waals surface area (Å²) < 4.78 is 53.7. The van der Waals surface area contributed by atoms with E-state index >= 15 is 0 Å². The molecule has 2 atom stereocenters. The van der Waals surface area contributed by atoms with E-state index in [0.29, 0.717) is 12.8 Å². The first-order valence-electron chi connectivity index (χ1n) is 10.5. The summed E-state index contributed by atoms with van der Waals surface area (Å²) in [5.74, 6) is -1.10. The predicted molar refractivity (Wildman–Crippen MR) is 118 cm³/mol. The summed E-state index contributed by atoms with van der Waals surface area (Å²) in [5, 5.41) is 12.4. The number of aryl methyl sites for hydroxylation is 1. The van der Waals surface area contributed by atoms with Crippen LogP contribution < -0.4 is 5.32 Å². The van der Waals surface area contributed by atoms with Crippen LogP contribution >= 0.6 is 0 Å². The number of alkyl halides is 3. The Labute approximate surface area is 189 Å². The van der Waals surface area contributed by atoms with Gasteiger partial charge in [0.1, 0.15) is 5.83 Å². The Morgan fingerprint density at radius 3 is 2.70 bits per heavy atom. The highest BCUT2D eigenvalue weighted by Crippen LogP contribution is 2.32. The molecule has 5 nitrogen and oxygen atoms in total. The molecule has 2 heterocycles. The number of hydrogen-bond donors (Lipinski definition) is 2. The van der Waals surface area contributed by atoms with Gasteiger partial charge in [-0.05, 0) is 55.2 Å². The molecule has 1 aromatic rings. The van der Waals surface area contributed by atoms with Gasteiger partial charge >= 0.3 is 11.9 Å². The molecular formula is C24H26F4N3O2+. The largest absolute Gasteiger partial charge is 0.482 e. The smallest absolute Gasteiger partial charge is 0.351 e. The summed E-state index contributed by atoms with van der Waals surface area (Å²) >= 11 is 0. The summed E-state index contributed by atoms with van der Waals surface area (Å²) in [7, 11) is 1.82. The fourth-order valence-electron chi connectivity index (χ4n) is 3.82. The SMILES string of the molecule is C=C(C1=CC=C(F)CC1)c1ccn(C)c1/C=C/C(=O)N[C@H](C)C1C=[N+](O)C(C(F)(F)F)=CC1. The lowest BCUT2D eigenvalue weighted by molar-refractivity contribution is -0.748. The molecule has 0 saturated heterocycles. The highest BCUT2D eigenvalue weighted by atomic mass is 19.4. The summed E-state index contributed by atoms with van der Waals surface area (Å²) in [6, 6.07) is 1.36. The molecule has 1 aliphatic carbocycles. The zero-order valence-electron chi connectivity index (χ0n) is 18.4. The van der Waals surface area contributed by atoms with Crippen molar-refractivity contribution in [2.45, 2.75) is 38.4 Å². The lowest BCUT2D eigenvalue weighted by Gasteiger charge is -2.20. The van der Waals surface area contributed by atoms with Crippen molar-refractivity contribution < 1.29 is 32.3 Å². The Hall–Kier alpha value is -3.36. The van der Waals surface area contributed by atoms with Crippen molar-refractivity contribution in [3.63, 3.8) is 0 Å². The van der Waals surface area contributed by atoms with Crippen LogP contribution in [0.1, 0.15) is 37.4 Å². The molecule has 1 amide bonds. The van der Waals surface area contributed by atoms with Crippen LogP contribution in [-0.4, -0.2) is 38.9 Å². The molecule has 1 aliphatic heterocycles. The van der Waals surface area contributed by atoms with Crippen LogP contribution in [0.4, 0.5) is 17.6 Å². The van der Waals surface area contributed by atoms with E-state index in [4.69, 9.17) is 0 Å². The number of carbonyl (C=O) groups excluding carboxylic acids is 1. The molecule has 3 rings (SSSR count). The number of rotatable bonds is 6. The first kappa shape index (κ1) is 24.3. The number of amides is 1. The lowest BCUT2D eigenvalue weighted by Crippen LogP contribution is -2.41. The quantitative estimate of drug-likeness (QED) is 0.267. The van der Waals surface area contributed by atoms with Crippen molar-refractivity contribution in [3.8, 4) is 0 Å². The number of nitrogens with one attached hydrogen (secondary N) is 1. The minimum absolute atomic E-state index is 0.0308. The van der Waals surface area contributed by atoms with E-state index in [1.54, 1.807) is 19.1 Å². The van der Waals surface area contributed by atoms with Crippen LogP contribution in [-0.2, 0) is 11.8 Å². The Kier molecular flexibility index (Phi) is 7.09. The number of hydrogen-bond acceptors (Lipinski definition) is 2. The van der Waals surface area contributed by atoms with Crippen LogP contribution in [0.2, 0.25) is 0 Å². The van der Waals surface area contributed by atoms with Gasteiger partial charge in [0.15, 0.2) is 0 Å². The van der Waals surface area contributed by atoms with Crippen molar-refractivity contribution in [1.29, 1.82) is 0 Å². The van der Waals surface area contributed by atoms with E-state index in [0.717, 1.165) is 34.7 Å². The molecule has 0 spiro atoms. The molecule has 33 heavy (non-hydrogen) atoms. The Bertz CT molecular complexity index is 1100. The Morgan fingerprint density at radius 2 is 2.09 bits per heavy atom. The number of carbonyl (C=O) groups is 1. The van der Waals surface area contributed by atoms with Crippen LogP contribution in [0.15, 0.2) is 60.2 Å². The zero-order chi connectivity index (χ0) is 24.3. The highest BCUT2D eigenvalue weighted by molar-refractivity contribution is 5.93. The van der Waals surface area contributed by atoms with Crippen LogP contribution in [0.5, 0.6) is 0 Å². The monoisotopic (exact) mass is 464 g/mol. The van der Waals surface area contributed by atoms with E-state index in [2.05, 4.69) is 11.9 Å². The van der Waals surface area contributed by atoms with Crippen molar-refractivity contribution in [3.05, 3.63) is 71.5 Å². The van der Waals surface area contributed by atoms with Gasteiger partial charge in [-0.1, -0.05) is 12.7 Å². The van der Waals surface area contributed by atoms with E-state index in [9.17, 15) is 27.6 Å². The number of aromatic nitrogens is 1. The van der Waals surface area contributed by atoms with Crippen molar-refractivity contribution in [1.82, 2.24) is 9.88 Å². The third-order valence-electron chi connectivity index (χ3n) is 5.79. The van der Waals surface area contributed by atoms with Gasteiger partial charge in [0, 0.05) is 47.8 Å². The lowest BCUT2D eigenvalue weighted by atomic mass is 9.93. The van der Waals surface area contributed by atoms with E-state index in [1.807, 2.05) is 23.9 Å². The van der Waals surface area contributed by atoms with Crippen molar-refractivity contribution >= 4 is 23.8 Å². The first-order valence-corrected chi connectivity index (χ1v) is 10.5. The van der Waals surface area contributed by atoms with E-state index < -0.39 is 29.7 Å². The molecule has 9 heteroatoms. The summed E-state index contributed by atoms with van der Waals surface area (Å²) in [5.41, 5.74) is 2.09. The van der Waals surface area contributed by atoms with Crippen LogP contribution in [0.3, 0.4) is 0 Å².